The van der Waals surface area contributed by atoms with Crippen LogP contribution in [0.5, 0.6) is 0 Å². The zero-order chi connectivity index (χ0) is 13.8. The van der Waals surface area contributed by atoms with Gasteiger partial charge in [0, 0.05) is 24.0 Å². The highest BCUT2D eigenvalue weighted by Gasteiger charge is 2.10. The molecule has 0 saturated heterocycles. The number of nitrogens with one attached hydrogen (secondary N) is 1. The van der Waals surface area contributed by atoms with Crippen LogP contribution in [0.3, 0.4) is 0 Å². The normalized spacial score (nSPS) is 10.4. The molecule has 0 spiro atoms. The summed E-state index contributed by atoms with van der Waals surface area (Å²) in [6.07, 6.45) is 0.787. The molecule has 2 rings (SSSR count). The van der Waals surface area contributed by atoms with Gasteiger partial charge in [0.25, 0.3) is 0 Å². The predicted molar refractivity (Wildman–Crippen MR) is 76.9 cm³/mol. The van der Waals surface area contributed by atoms with Crippen molar-refractivity contribution >= 4 is 28.7 Å². The van der Waals surface area contributed by atoms with E-state index in [4.69, 9.17) is 10.8 Å². The second-order valence-electron chi connectivity index (χ2n) is 4.13. The first-order valence-corrected chi connectivity index (χ1v) is 6.72. The first kappa shape index (κ1) is 13.4. The van der Waals surface area contributed by atoms with Crippen LogP contribution in [-0.2, 0) is 6.42 Å². The van der Waals surface area contributed by atoms with Crippen molar-refractivity contribution in [3.63, 3.8) is 0 Å². The average molecular weight is 277 g/mol. The average Bonchev–Trinajstić information content (AvgIpc) is 2.77. The molecule has 0 radical (unpaired) electrons. The Morgan fingerprint density at radius 1 is 1.53 bits per heavy atom. The second-order valence-corrected chi connectivity index (χ2v) is 5.07. The number of carboxylic acid groups (broad SMARTS) is 1. The van der Waals surface area contributed by atoms with Crippen LogP contribution in [0.15, 0.2) is 23.6 Å². The van der Waals surface area contributed by atoms with Crippen LogP contribution >= 0.6 is 11.3 Å². The third-order valence-electron chi connectivity index (χ3n) is 2.66. The lowest BCUT2D eigenvalue weighted by Crippen LogP contribution is -2.10. The van der Waals surface area contributed by atoms with E-state index in [-0.39, 0.29) is 11.3 Å². The van der Waals surface area contributed by atoms with Crippen LogP contribution in [0, 0.1) is 6.92 Å². The number of para-hydroxylation sites is 1. The zero-order valence-corrected chi connectivity index (χ0v) is 11.3. The van der Waals surface area contributed by atoms with Crippen LogP contribution < -0.4 is 11.1 Å². The van der Waals surface area contributed by atoms with Gasteiger partial charge in [0.05, 0.1) is 21.9 Å². The van der Waals surface area contributed by atoms with Crippen LogP contribution in [0.1, 0.15) is 21.1 Å². The number of aromatic nitrogens is 1. The molecule has 6 heteroatoms. The molecular weight excluding hydrogens is 262 g/mol. The minimum Gasteiger partial charge on any atom is -0.478 e. The molecule has 0 saturated carbocycles. The third-order valence-corrected chi connectivity index (χ3v) is 3.68. The number of thiazole rings is 1. The molecule has 19 heavy (non-hydrogen) atoms. The van der Waals surface area contributed by atoms with Crippen molar-refractivity contribution in [2.75, 3.05) is 17.6 Å². The van der Waals surface area contributed by atoms with Crippen LogP contribution in [0.25, 0.3) is 0 Å². The summed E-state index contributed by atoms with van der Waals surface area (Å²) >= 11 is 1.62. The summed E-state index contributed by atoms with van der Waals surface area (Å²) < 4.78 is 0. The van der Waals surface area contributed by atoms with Gasteiger partial charge < -0.3 is 16.2 Å². The van der Waals surface area contributed by atoms with E-state index in [1.165, 1.54) is 6.07 Å². The Kier molecular flexibility index (Phi) is 4.01. The topological polar surface area (TPSA) is 88.2 Å². The van der Waals surface area contributed by atoms with Gasteiger partial charge in [-0.05, 0) is 19.1 Å². The quantitative estimate of drug-likeness (QED) is 0.730. The van der Waals surface area contributed by atoms with Crippen LogP contribution in [-0.4, -0.2) is 22.6 Å². The zero-order valence-electron chi connectivity index (χ0n) is 10.5. The fourth-order valence-electron chi connectivity index (χ4n) is 1.73. The molecular formula is C13H15N3O2S. The van der Waals surface area contributed by atoms with E-state index in [9.17, 15) is 4.79 Å². The number of nitrogen functional groups attached to an aromatic ring is 1. The van der Waals surface area contributed by atoms with Crippen molar-refractivity contribution in [3.8, 4) is 0 Å². The van der Waals surface area contributed by atoms with Gasteiger partial charge in [0.15, 0.2) is 0 Å². The van der Waals surface area contributed by atoms with E-state index in [0.717, 1.165) is 17.1 Å². The number of carboxylic acids is 1. The number of benzene rings is 1. The number of nitrogens with two attached hydrogens (primary N) is 1. The molecule has 5 nitrogen and oxygen atoms in total. The van der Waals surface area contributed by atoms with Gasteiger partial charge >= 0.3 is 5.97 Å². The van der Waals surface area contributed by atoms with Crippen LogP contribution in [0.2, 0.25) is 0 Å². The first-order chi connectivity index (χ1) is 9.08. The lowest BCUT2D eigenvalue weighted by molar-refractivity contribution is 0.0698. The number of aromatic carboxylic acids is 1. The fraction of sp³-hybridized carbons (Fsp3) is 0.231. The van der Waals surface area contributed by atoms with E-state index < -0.39 is 5.97 Å². The van der Waals surface area contributed by atoms with Crippen molar-refractivity contribution in [2.45, 2.75) is 13.3 Å². The Morgan fingerprint density at radius 2 is 2.32 bits per heavy atom. The number of carbonyl (C=O) groups is 1. The molecule has 100 valence electrons. The van der Waals surface area contributed by atoms with Gasteiger partial charge in [-0.2, -0.15) is 0 Å². The predicted octanol–water partition coefficient (Wildman–Crippen LogP) is 2.39. The number of anilines is 2. The molecule has 0 bridgehead atoms. The summed E-state index contributed by atoms with van der Waals surface area (Å²) in [5.74, 6) is -1.02. The molecule has 0 aliphatic rings. The summed E-state index contributed by atoms with van der Waals surface area (Å²) in [5.41, 5.74) is 7.87. The van der Waals surface area contributed by atoms with E-state index >= 15 is 0 Å². The van der Waals surface area contributed by atoms with Gasteiger partial charge in [0.1, 0.15) is 0 Å². The van der Waals surface area contributed by atoms with Gasteiger partial charge in [-0.1, -0.05) is 6.07 Å². The number of aryl methyl sites for hydroxylation is 1. The van der Waals surface area contributed by atoms with Gasteiger partial charge in [-0.3, -0.25) is 0 Å². The molecule has 0 aliphatic heterocycles. The summed E-state index contributed by atoms with van der Waals surface area (Å²) in [5, 5.41) is 15.2. The van der Waals surface area contributed by atoms with E-state index in [1.54, 1.807) is 23.5 Å². The SMILES string of the molecule is Cc1csc(CCNc2cccc(C(=O)O)c2N)n1. The molecule has 0 unspecified atom stereocenters. The van der Waals surface area contributed by atoms with Gasteiger partial charge in [0.2, 0.25) is 0 Å². The van der Waals surface area contributed by atoms with Gasteiger partial charge in [-0.25, -0.2) is 9.78 Å². The van der Waals surface area contributed by atoms with E-state index in [2.05, 4.69) is 10.3 Å². The molecule has 2 aromatic rings. The minimum atomic E-state index is -1.02. The monoisotopic (exact) mass is 277 g/mol. The lowest BCUT2D eigenvalue weighted by Gasteiger charge is -2.10. The van der Waals surface area contributed by atoms with Crippen molar-refractivity contribution in [3.05, 3.63) is 39.8 Å². The second kappa shape index (κ2) is 5.71. The summed E-state index contributed by atoms with van der Waals surface area (Å²) in [4.78, 5) is 15.3. The molecule has 4 N–H and O–H groups in total. The first-order valence-electron chi connectivity index (χ1n) is 5.84. The Hall–Kier alpha value is -2.08. The maximum absolute atomic E-state index is 11.0. The molecule has 1 aromatic carbocycles. The summed E-state index contributed by atoms with van der Waals surface area (Å²) in [7, 11) is 0. The van der Waals surface area contributed by atoms with E-state index in [0.29, 0.717) is 12.2 Å². The maximum Gasteiger partial charge on any atom is 0.337 e. The minimum absolute atomic E-state index is 0.120. The lowest BCUT2D eigenvalue weighted by atomic mass is 10.1. The smallest absolute Gasteiger partial charge is 0.337 e. The number of nitrogens with zero attached hydrogens (tertiary/aromatic N) is 1. The van der Waals surface area contributed by atoms with Crippen molar-refractivity contribution in [1.82, 2.24) is 4.98 Å². The molecule has 1 heterocycles. The van der Waals surface area contributed by atoms with Crippen molar-refractivity contribution < 1.29 is 9.90 Å². The van der Waals surface area contributed by atoms with Crippen molar-refractivity contribution in [1.29, 1.82) is 0 Å². The highest BCUT2D eigenvalue weighted by molar-refractivity contribution is 7.09. The standard InChI is InChI=1S/C13H15N3O2S/c1-8-7-19-11(16-8)5-6-15-10-4-2-3-9(12(10)14)13(17)18/h2-4,7,15H,5-6,14H2,1H3,(H,17,18). The number of hydrogen-bond donors (Lipinski definition) is 3. The number of hydrogen-bond acceptors (Lipinski definition) is 5. The Morgan fingerprint density at radius 3 is 2.95 bits per heavy atom. The van der Waals surface area contributed by atoms with Gasteiger partial charge in [-0.15, -0.1) is 11.3 Å². The molecule has 0 aliphatic carbocycles. The molecule has 1 aromatic heterocycles. The van der Waals surface area contributed by atoms with Crippen LogP contribution in [0.4, 0.5) is 11.4 Å². The summed E-state index contributed by atoms with van der Waals surface area (Å²) in [6, 6.07) is 4.94. The number of rotatable bonds is 5. The van der Waals surface area contributed by atoms with E-state index in [1.807, 2.05) is 12.3 Å². The largest absolute Gasteiger partial charge is 0.478 e. The van der Waals surface area contributed by atoms with Crippen molar-refractivity contribution in [2.24, 2.45) is 0 Å². The highest BCUT2D eigenvalue weighted by Crippen LogP contribution is 2.22. The summed E-state index contributed by atoms with van der Waals surface area (Å²) in [6.45, 7) is 2.63. The molecule has 0 amide bonds. The molecule has 0 fully saturated rings. The maximum atomic E-state index is 11.0. The Balaban J connectivity index is 2.00. The Labute approximate surface area is 115 Å². The Bertz CT molecular complexity index is 595. The molecule has 0 atom stereocenters. The third kappa shape index (κ3) is 3.23. The highest BCUT2D eigenvalue weighted by atomic mass is 32.1. The fourth-order valence-corrected chi connectivity index (χ4v) is 2.50.